The third-order valence-electron chi connectivity index (χ3n) is 1.54. The molecule has 0 saturated carbocycles. The second kappa shape index (κ2) is 5.64. The van der Waals surface area contributed by atoms with Gasteiger partial charge in [0.1, 0.15) is 11.5 Å². The number of ether oxygens (including phenoxy) is 1. The van der Waals surface area contributed by atoms with Crippen LogP contribution in [0.3, 0.4) is 0 Å². The Morgan fingerprint density at radius 1 is 1.69 bits per heavy atom. The number of nitrogens with zero attached hydrogens (tertiary/aromatic N) is 2. The van der Waals surface area contributed by atoms with Crippen LogP contribution in [0.15, 0.2) is 21.5 Å². The minimum absolute atomic E-state index is 0.175. The van der Waals surface area contributed by atoms with Gasteiger partial charge in [0.2, 0.25) is 0 Å². The van der Waals surface area contributed by atoms with E-state index in [1.165, 1.54) is 25.3 Å². The summed E-state index contributed by atoms with van der Waals surface area (Å²) < 4.78 is 9.45. The lowest BCUT2D eigenvalue weighted by molar-refractivity contribution is -0.402. The summed E-state index contributed by atoms with van der Waals surface area (Å²) in [5.74, 6) is -0.417. The van der Waals surface area contributed by atoms with Crippen LogP contribution in [0.1, 0.15) is 12.7 Å². The van der Waals surface area contributed by atoms with Gasteiger partial charge in [-0.05, 0) is 6.07 Å². The van der Waals surface area contributed by atoms with Gasteiger partial charge in [-0.1, -0.05) is 0 Å². The second-order valence-corrected chi connectivity index (χ2v) is 2.81. The molecule has 0 aliphatic heterocycles. The van der Waals surface area contributed by atoms with Crippen LogP contribution in [-0.4, -0.2) is 30.3 Å². The summed E-state index contributed by atoms with van der Waals surface area (Å²) in [4.78, 5) is 23.9. The van der Waals surface area contributed by atoms with Crippen LogP contribution in [0.2, 0.25) is 0 Å². The number of hydrogen-bond donors (Lipinski definition) is 0. The van der Waals surface area contributed by atoms with Crippen LogP contribution >= 0.6 is 0 Å². The zero-order chi connectivity index (χ0) is 12.0. The number of nitro groups is 1. The quantitative estimate of drug-likeness (QED) is 0.247. The van der Waals surface area contributed by atoms with E-state index in [-0.39, 0.29) is 30.8 Å². The largest absolute Gasteiger partial charge is 0.464 e. The van der Waals surface area contributed by atoms with E-state index in [1.54, 1.807) is 0 Å². The van der Waals surface area contributed by atoms with E-state index in [4.69, 9.17) is 4.42 Å². The minimum atomic E-state index is -0.629. The van der Waals surface area contributed by atoms with Gasteiger partial charge in [0.25, 0.3) is 0 Å². The van der Waals surface area contributed by atoms with E-state index in [1.807, 2.05) is 0 Å². The summed E-state index contributed by atoms with van der Waals surface area (Å²) in [5.41, 5.74) is 0. The molecule has 1 heterocycles. The summed E-state index contributed by atoms with van der Waals surface area (Å²) in [6, 6.07) is 2.68. The Labute approximate surface area is 90.9 Å². The highest BCUT2D eigenvalue weighted by Crippen LogP contribution is 2.13. The molecule has 0 aliphatic carbocycles. The average molecular weight is 226 g/mol. The summed E-state index contributed by atoms with van der Waals surface area (Å²) in [7, 11) is 0. The number of aliphatic imine (C=N–C) groups is 1. The molecule has 1 aromatic heterocycles. The van der Waals surface area contributed by atoms with Crippen LogP contribution in [0, 0.1) is 10.1 Å². The van der Waals surface area contributed by atoms with Gasteiger partial charge < -0.3 is 9.15 Å². The van der Waals surface area contributed by atoms with Crippen molar-refractivity contribution in [1.82, 2.24) is 0 Å². The Balaban J connectivity index is 2.38. The fourth-order valence-electron chi connectivity index (χ4n) is 0.906. The summed E-state index contributed by atoms with van der Waals surface area (Å²) in [6.07, 6.45) is 1.34. The molecule has 0 aromatic carbocycles. The normalized spacial score (nSPS) is 10.6. The van der Waals surface area contributed by atoms with Crippen molar-refractivity contribution in [3.63, 3.8) is 0 Å². The predicted molar refractivity (Wildman–Crippen MR) is 54.5 cm³/mol. The Morgan fingerprint density at radius 3 is 3.00 bits per heavy atom. The average Bonchev–Trinajstić information content (AvgIpc) is 2.65. The van der Waals surface area contributed by atoms with E-state index in [9.17, 15) is 14.9 Å². The number of rotatable bonds is 5. The highest BCUT2D eigenvalue weighted by Gasteiger charge is 2.09. The first kappa shape index (κ1) is 11.9. The van der Waals surface area contributed by atoms with Gasteiger partial charge in [-0.15, -0.1) is 0 Å². The van der Waals surface area contributed by atoms with Gasteiger partial charge in [0.05, 0.1) is 18.8 Å². The van der Waals surface area contributed by atoms with Crippen molar-refractivity contribution in [2.24, 2.45) is 4.99 Å². The maximum absolute atomic E-state index is 10.4. The lowest BCUT2D eigenvalue weighted by Gasteiger charge is -1.95. The van der Waals surface area contributed by atoms with E-state index in [0.717, 1.165) is 0 Å². The molecule has 0 radical (unpaired) electrons. The predicted octanol–water partition coefficient (Wildman–Crippen LogP) is 1.17. The number of carbonyl (C=O) groups is 1. The van der Waals surface area contributed by atoms with E-state index >= 15 is 0 Å². The number of carbonyl (C=O) groups excluding carboxylic acids is 1. The summed E-state index contributed by atoms with van der Waals surface area (Å²) in [5, 5.41) is 10.3. The van der Waals surface area contributed by atoms with Gasteiger partial charge >= 0.3 is 11.9 Å². The summed E-state index contributed by atoms with van der Waals surface area (Å²) in [6.45, 7) is 1.77. The molecule has 0 bridgehead atoms. The summed E-state index contributed by atoms with van der Waals surface area (Å²) >= 11 is 0. The van der Waals surface area contributed by atoms with Gasteiger partial charge in [0, 0.05) is 6.92 Å². The van der Waals surface area contributed by atoms with Gasteiger partial charge in [-0.3, -0.25) is 19.9 Å². The zero-order valence-electron chi connectivity index (χ0n) is 8.58. The highest BCUT2D eigenvalue weighted by molar-refractivity contribution is 5.76. The van der Waals surface area contributed by atoms with Crippen molar-refractivity contribution in [2.75, 3.05) is 13.2 Å². The van der Waals surface area contributed by atoms with Gasteiger partial charge in [0.15, 0.2) is 5.76 Å². The Morgan fingerprint density at radius 2 is 2.44 bits per heavy atom. The number of esters is 1. The molecule has 86 valence electrons. The lowest BCUT2D eigenvalue weighted by atomic mass is 10.5. The molecule has 0 fully saturated rings. The lowest BCUT2D eigenvalue weighted by Crippen LogP contribution is -2.03. The van der Waals surface area contributed by atoms with Gasteiger partial charge in [-0.2, -0.15) is 0 Å². The molecule has 0 unspecified atom stereocenters. The molecular formula is C9H10N2O5. The van der Waals surface area contributed by atoms with Crippen molar-refractivity contribution in [3.05, 3.63) is 28.0 Å². The van der Waals surface area contributed by atoms with Crippen LogP contribution < -0.4 is 0 Å². The maximum atomic E-state index is 10.4. The molecule has 1 rings (SSSR count). The first-order valence-corrected chi connectivity index (χ1v) is 4.47. The molecule has 16 heavy (non-hydrogen) atoms. The smallest absolute Gasteiger partial charge is 0.433 e. The SMILES string of the molecule is CC(=O)OCCN=Cc1ccc([N+](=O)[O-])o1. The molecule has 0 amide bonds. The zero-order valence-corrected chi connectivity index (χ0v) is 8.58. The van der Waals surface area contributed by atoms with E-state index in [0.29, 0.717) is 0 Å². The number of hydrogen-bond acceptors (Lipinski definition) is 6. The maximum Gasteiger partial charge on any atom is 0.433 e. The topological polar surface area (TPSA) is 94.9 Å². The van der Waals surface area contributed by atoms with Crippen LogP contribution in [0.5, 0.6) is 0 Å². The molecule has 0 saturated heterocycles. The van der Waals surface area contributed by atoms with Crippen LogP contribution in [-0.2, 0) is 9.53 Å². The van der Waals surface area contributed by atoms with E-state index < -0.39 is 4.92 Å². The van der Waals surface area contributed by atoms with Crippen molar-refractivity contribution < 1.29 is 18.9 Å². The van der Waals surface area contributed by atoms with Crippen molar-refractivity contribution >= 4 is 18.1 Å². The second-order valence-electron chi connectivity index (χ2n) is 2.81. The molecule has 0 atom stereocenters. The third-order valence-corrected chi connectivity index (χ3v) is 1.54. The van der Waals surface area contributed by atoms with Crippen molar-refractivity contribution in [3.8, 4) is 0 Å². The Kier molecular flexibility index (Phi) is 4.19. The van der Waals surface area contributed by atoms with Crippen LogP contribution in [0.25, 0.3) is 0 Å². The minimum Gasteiger partial charge on any atom is -0.464 e. The van der Waals surface area contributed by atoms with Gasteiger partial charge in [-0.25, -0.2) is 0 Å². The van der Waals surface area contributed by atoms with Crippen LogP contribution in [0.4, 0.5) is 5.88 Å². The molecule has 1 aromatic rings. The molecule has 0 N–H and O–H groups in total. The third kappa shape index (κ3) is 3.91. The first-order chi connectivity index (χ1) is 7.59. The highest BCUT2D eigenvalue weighted by atomic mass is 16.6. The fourth-order valence-corrected chi connectivity index (χ4v) is 0.906. The number of furan rings is 1. The fraction of sp³-hybridized carbons (Fsp3) is 0.333. The molecule has 7 nitrogen and oxygen atoms in total. The van der Waals surface area contributed by atoms with E-state index in [2.05, 4.69) is 9.73 Å². The molecule has 0 aliphatic rings. The van der Waals surface area contributed by atoms with Crippen molar-refractivity contribution in [2.45, 2.75) is 6.92 Å². The first-order valence-electron chi connectivity index (χ1n) is 4.47. The standard InChI is InChI=1S/C9H10N2O5/c1-7(12)15-5-4-10-6-8-2-3-9(16-8)11(13)14/h2-3,6H,4-5H2,1H3. The molecule has 0 spiro atoms. The van der Waals surface area contributed by atoms with Crippen molar-refractivity contribution in [1.29, 1.82) is 0 Å². The Hall–Kier alpha value is -2.18. The Bertz CT molecular complexity index is 410. The molecule has 7 heteroatoms. The monoisotopic (exact) mass is 226 g/mol. The molecular weight excluding hydrogens is 216 g/mol.